The van der Waals surface area contributed by atoms with E-state index < -0.39 is 18.2 Å². The van der Waals surface area contributed by atoms with Crippen LogP contribution < -0.4 is 5.32 Å². The minimum atomic E-state index is -0.995. The summed E-state index contributed by atoms with van der Waals surface area (Å²) in [6.45, 7) is 1.21. The van der Waals surface area contributed by atoms with Gasteiger partial charge in [0, 0.05) is 13.2 Å². The Morgan fingerprint density at radius 1 is 1.15 bits per heavy atom. The number of carboxylic acids is 1. The summed E-state index contributed by atoms with van der Waals surface area (Å²) in [5.41, 5.74) is 0. The molecule has 1 heterocycles. The number of carbonyl (C=O) groups excluding carboxylic acids is 1. The number of aliphatic carboxylic acids is 1. The van der Waals surface area contributed by atoms with Crippen molar-refractivity contribution in [2.75, 3.05) is 13.2 Å². The van der Waals surface area contributed by atoms with Gasteiger partial charge in [-0.2, -0.15) is 0 Å². The Balaban J connectivity index is 1.53. The first-order valence-corrected chi connectivity index (χ1v) is 7.44. The van der Waals surface area contributed by atoms with Crippen molar-refractivity contribution < 1.29 is 24.2 Å². The van der Waals surface area contributed by atoms with E-state index in [9.17, 15) is 9.59 Å². The molecular weight excluding hydrogens is 262 g/mol. The SMILES string of the molecule is O=C(NCCCOC1CCCC1)[C@@H]1CC[C@H](C(=O)O)O1. The monoisotopic (exact) mass is 285 g/mol. The van der Waals surface area contributed by atoms with Crippen LogP contribution in [0.3, 0.4) is 0 Å². The molecule has 0 bridgehead atoms. The molecule has 1 saturated carbocycles. The molecule has 1 aliphatic carbocycles. The summed E-state index contributed by atoms with van der Waals surface area (Å²) in [5.74, 6) is -1.21. The van der Waals surface area contributed by atoms with Crippen molar-refractivity contribution >= 4 is 11.9 Å². The topological polar surface area (TPSA) is 84.9 Å². The van der Waals surface area contributed by atoms with Crippen LogP contribution in [0.25, 0.3) is 0 Å². The molecule has 0 radical (unpaired) electrons. The molecule has 1 aliphatic heterocycles. The summed E-state index contributed by atoms with van der Waals surface area (Å²) < 4.78 is 10.9. The van der Waals surface area contributed by atoms with E-state index >= 15 is 0 Å². The summed E-state index contributed by atoms with van der Waals surface area (Å²) in [6.07, 6.45) is 5.41. The molecule has 2 atom stereocenters. The highest BCUT2D eigenvalue weighted by Gasteiger charge is 2.34. The third-order valence-electron chi connectivity index (χ3n) is 3.86. The van der Waals surface area contributed by atoms with Crippen LogP contribution in [0.5, 0.6) is 0 Å². The summed E-state index contributed by atoms with van der Waals surface area (Å²) in [4.78, 5) is 22.5. The third kappa shape index (κ3) is 4.45. The van der Waals surface area contributed by atoms with Crippen LogP contribution in [0.2, 0.25) is 0 Å². The van der Waals surface area contributed by atoms with Gasteiger partial charge in [-0.25, -0.2) is 4.79 Å². The highest BCUT2D eigenvalue weighted by atomic mass is 16.5. The zero-order valence-electron chi connectivity index (χ0n) is 11.7. The molecule has 20 heavy (non-hydrogen) atoms. The second-order valence-electron chi connectivity index (χ2n) is 5.45. The van der Waals surface area contributed by atoms with E-state index in [1.54, 1.807) is 0 Å². The first-order valence-electron chi connectivity index (χ1n) is 7.44. The number of ether oxygens (including phenoxy) is 2. The van der Waals surface area contributed by atoms with E-state index in [0.717, 1.165) is 19.3 Å². The van der Waals surface area contributed by atoms with E-state index in [0.29, 0.717) is 32.1 Å². The van der Waals surface area contributed by atoms with Crippen LogP contribution in [0.4, 0.5) is 0 Å². The fourth-order valence-corrected chi connectivity index (χ4v) is 2.71. The van der Waals surface area contributed by atoms with Crippen molar-refractivity contribution in [1.82, 2.24) is 5.32 Å². The maximum absolute atomic E-state index is 11.8. The van der Waals surface area contributed by atoms with Crippen molar-refractivity contribution in [3.05, 3.63) is 0 Å². The molecule has 6 heteroatoms. The van der Waals surface area contributed by atoms with Crippen LogP contribution in [0, 0.1) is 0 Å². The summed E-state index contributed by atoms with van der Waals surface area (Å²) >= 11 is 0. The van der Waals surface area contributed by atoms with Gasteiger partial charge < -0.3 is 19.9 Å². The minimum absolute atomic E-state index is 0.213. The second kappa shape index (κ2) is 7.59. The number of amides is 1. The molecule has 0 spiro atoms. The Morgan fingerprint density at radius 3 is 2.50 bits per heavy atom. The zero-order chi connectivity index (χ0) is 14.4. The van der Waals surface area contributed by atoms with Gasteiger partial charge in [-0.15, -0.1) is 0 Å². The van der Waals surface area contributed by atoms with Gasteiger partial charge in [0.1, 0.15) is 6.10 Å². The van der Waals surface area contributed by atoms with Crippen LogP contribution >= 0.6 is 0 Å². The first-order chi connectivity index (χ1) is 9.66. The quantitative estimate of drug-likeness (QED) is 0.684. The molecule has 0 aromatic carbocycles. The first kappa shape index (κ1) is 15.3. The van der Waals surface area contributed by atoms with Crippen LogP contribution in [0.1, 0.15) is 44.9 Å². The normalized spacial score (nSPS) is 26.8. The Kier molecular flexibility index (Phi) is 5.79. The van der Waals surface area contributed by atoms with Crippen molar-refractivity contribution in [2.24, 2.45) is 0 Å². The van der Waals surface area contributed by atoms with Gasteiger partial charge in [0.15, 0.2) is 6.10 Å². The lowest BCUT2D eigenvalue weighted by Crippen LogP contribution is -2.36. The Labute approximate surface area is 118 Å². The lowest BCUT2D eigenvalue weighted by Gasteiger charge is -2.13. The van der Waals surface area contributed by atoms with Crippen LogP contribution in [0.15, 0.2) is 0 Å². The van der Waals surface area contributed by atoms with Gasteiger partial charge in [-0.1, -0.05) is 12.8 Å². The fraction of sp³-hybridized carbons (Fsp3) is 0.857. The predicted molar refractivity (Wildman–Crippen MR) is 71.4 cm³/mol. The molecule has 2 rings (SSSR count). The van der Waals surface area contributed by atoms with E-state index in [4.69, 9.17) is 14.6 Å². The molecule has 114 valence electrons. The van der Waals surface area contributed by atoms with E-state index in [-0.39, 0.29) is 5.91 Å². The highest BCUT2D eigenvalue weighted by Crippen LogP contribution is 2.21. The standard InChI is InChI=1S/C14H23NO5/c16-13(11-6-7-12(20-11)14(17)18)15-8-3-9-19-10-4-1-2-5-10/h10-12H,1-9H2,(H,15,16)(H,17,18)/t11-,12+/m0/s1. The molecule has 0 unspecified atom stereocenters. The van der Waals surface area contributed by atoms with Crippen LogP contribution in [-0.2, 0) is 19.1 Å². The van der Waals surface area contributed by atoms with Gasteiger partial charge >= 0.3 is 5.97 Å². The molecule has 2 fully saturated rings. The maximum Gasteiger partial charge on any atom is 0.332 e. The minimum Gasteiger partial charge on any atom is -0.479 e. The van der Waals surface area contributed by atoms with Crippen molar-refractivity contribution in [3.8, 4) is 0 Å². The predicted octanol–water partition coefficient (Wildman–Crippen LogP) is 1.08. The van der Waals surface area contributed by atoms with Gasteiger partial charge in [0.2, 0.25) is 5.91 Å². The van der Waals surface area contributed by atoms with Crippen molar-refractivity contribution in [2.45, 2.75) is 63.3 Å². The molecule has 2 N–H and O–H groups in total. The summed E-state index contributed by atoms with van der Waals surface area (Å²) in [7, 11) is 0. The number of carbonyl (C=O) groups is 2. The Morgan fingerprint density at radius 2 is 1.85 bits per heavy atom. The van der Waals surface area contributed by atoms with Gasteiger partial charge in [0.05, 0.1) is 6.10 Å². The third-order valence-corrected chi connectivity index (χ3v) is 3.86. The highest BCUT2D eigenvalue weighted by molar-refractivity contribution is 5.82. The van der Waals surface area contributed by atoms with Crippen molar-refractivity contribution in [1.29, 1.82) is 0 Å². The zero-order valence-corrected chi connectivity index (χ0v) is 11.7. The average Bonchev–Trinajstić information content (AvgIpc) is 3.09. The number of nitrogens with one attached hydrogen (secondary N) is 1. The van der Waals surface area contributed by atoms with Crippen LogP contribution in [-0.4, -0.2) is 48.4 Å². The second-order valence-corrected chi connectivity index (χ2v) is 5.45. The summed E-state index contributed by atoms with van der Waals surface area (Å²) in [5, 5.41) is 11.6. The molecule has 1 amide bonds. The number of carboxylic acid groups (broad SMARTS) is 1. The number of rotatable bonds is 7. The summed E-state index contributed by atoms with van der Waals surface area (Å²) in [6, 6.07) is 0. The molecule has 6 nitrogen and oxygen atoms in total. The van der Waals surface area contributed by atoms with E-state index in [1.807, 2.05) is 0 Å². The van der Waals surface area contributed by atoms with Gasteiger partial charge in [-0.3, -0.25) is 4.79 Å². The lowest BCUT2D eigenvalue weighted by atomic mass is 10.2. The van der Waals surface area contributed by atoms with E-state index in [1.165, 1.54) is 12.8 Å². The smallest absolute Gasteiger partial charge is 0.332 e. The van der Waals surface area contributed by atoms with Gasteiger partial charge in [0.25, 0.3) is 0 Å². The number of hydrogen-bond acceptors (Lipinski definition) is 4. The number of hydrogen-bond donors (Lipinski definition) is 2. The molecule has 0 aromatic heterocycles. The average molecular weight is 285 g/mol. The lowest BCUT2D eigenvalue weighted by molar-refractivity contribution is -0.151. The van der Waals surface area contributed by atoms with Gasteiger partial charge in [-0.05, 0) is 32.1 Å². The Hall–Kier alpha value is -1.14. The molecule has 0 aromatic rings. The van der Waals surface area contributed by atoms with E-state index in [2.05, 4.69) is 5.32 Å². The molecule has 1 saturated heterocycles. The maximum atomic E-state index is 11.8. The van der Waals surface area contributed by atoms with Crippen molar-refractivity contribution in [3.63, 3.8) is 0 Å². The largest absolute Gasteiger partial charge is 0.479 e. The Bertz CT molecular complexity index is 340. The molecular formula is C14H23NO5. The fourth-order valence-electron chi connectivity index (χ4n) is 2.71. The molecule has 2 aliphatic rings.